The van der Waals surface area contributed by atoms with E-state index in [9.17, 15) is 9.59 Å². The van der Waals surface area contributed by atoms with Crippen LogP contribution >= 0.6 is 0 Å². The third-order valence-corrected chi connectivity index (χ3v) is 4.32. The van der Waals surface area contributed by atoms with Gasteiger partial charge in [-0.25, -0.2) is 0 Å². The predicted octanol–water partition coefficient (Wildman–Crippen LogP) is 4.36. The van der Waals surface area contributed by atoms with Gasteiger partial charge < -0.3 is 10.6 Å². The zero-order valence-corrected chi connectivity index (χ0v) is 16.3. The molecule has 0 spiro atoms. The van der Waals surface area contributed by atoms with E-state index in [1.165, 1.54) is 5.56 Å². The fourth-order valence-corrected chi connectivity index (χ4v) is 2.60. The Balaban J connectivity index is 1.84. The normalized spacial score (nSPS) is 11.1. The van der Waals surface area contributed by atoms with Crippen LogP contribution in [-0.4, -0.2) is 18.4 Å². The van der Waals surface area contributed by atoms with Gasteiger partial charge in [-0.3, -0.25) is 9.59 Å². The van der Waals surface area contributed by atoms with E-state index < -0.39 is 0 Å². The average Bonchev–Trinajstić information content (AvgIpc) is 2.57. The summed E-state index contributed by atoms with van der Waals surface area (Å²) in [5.41, 5.74) is 4.78. The Bertz CT molecular complexity index is 787. The van der Waals surface area contributed by atoms with E-state index in [0.29, 0.717) is 12.1 Å². The molecule has 0 heterocycles. The van der Waals surface area contributed by atoms with E-state index in [-0.39, 0.29) is 23.7 Å². The molecule has 2 amide bonds. The molecule has 0 aliphatic heterocycles. The number of nitrogens with one attached hydrogen (secondary N) is 2. The van der Waals surface area contributed by atoms with Gasteiger partial charge in [-0.2, -0.15) is 0 Å². The minimum atomic E-state index is -0.162. The van der Waals surface area contributed by atoms with E-state index in [0.717, 1.165) is 16.8 Å². The standard InChI is InChI=1S/C22H28N2O2/c1-15-6-7-16(2)19(14-15)24-20(25)12-13-23-21(26)17-8-10-18(11-9-17)22(3,4)5/h6-11,14H,12-13H2,1-5H3,(H,23,26)(H,24,25). The van der Waals surface area contributed by atoms with Crippen molar-refractivity contribution >= 4 is 17.5 Å². The number of hydrogen-bond donors (Lipinski definition) is 2. The van der Waals surface area contributed by atoms with Crippen LogP contribution in [0, 0.1) is 13.8 Å². The Morgan fingerprint density at radius 3 is 2.23 bits per heavy atom. The highest BCUT2D eigenvalue weighted by atomic mass is 16.2. The minimum Gasteiger partial charge on any atom is -0.352 e. The molecule has 0 saturated carbocycles. The second-order valence-corrected chi connectivity index (χ2v) is 7.70. The van der Waals surface area contributed by atoms with Crippen molar-refractivity contribution in [2.75, 3.05) is 11.9 Å². The fraction of sp³-hybridized carbons (Fsp3) is 0.364. The van der Waals surface area contributed by atoms with Crippen LogP contribution < -0.4 is 10.6 Å². The molecular weight excluding hydrogens is 324 g/mol. The quantitative estimate of drug-likeness (QED) is 0.840. The Kier molecular flexibility index (Phi) is 6.19. The molecule has 0 aliphatic carbocycles. The molecule has 4 nitrogen and oxygen atoms in total. The van der Waals surface area contributed by atoms with Crippen LogP contribution in [0.1, 0.15) is 54.2 Å². The molecule has 138 valence electrons. The zero-order chi connectivity index (χ0) is 19.3. The first-order valence-electron chi connectivity index (χ1n) is 8.92. The van der Waals surface area contributed by atoms with Crippen molar-refractivity contribution in [1.29, 1.82) is 0 Å². The highest BCUT2D eigenvalue weighted by Crippen LogP contribution is 2.22. The zero-order valence-electron chi connectivity index (χ0n) is 16.3. The van der Waals surface area contributed by atoms with Crippen molar-refractivity contribution in [1.82, 2.24) is 5.32 Å². The number of benzene rings is 2. The molecule has 0 saturated heterocycles. The molecule has 0 fully saturated rings. The van der Waals surface area contributed by atoms with E-state index in [2.05, 4.69) is 31.4 Å². The number of rotatable bonds is 5. The molecule has 4 heteroatoms. The van der Waals surface area contributed by atoms with E-state index in [4.69, 9.17) is 0 Å². The second-order valence-electron chi connectivity index (χ2n) is 7.70. The summed E-state index contributed by atoms with van der Waals surface area (Å²) in [5, 5.41) is 5.70. The lowest BCUT2D eigenvalue weighted by molar-refractivity contribution is -0.116. The summed E-state index contributed by atoms with van der Waals surface area (Å²) in [4.78, 5) is 24.3. The highest BCUT2D eigenvalue weighted by Gasteiger charge is 2.14. The first-order valence-corrected chi connectivity index (χ1v) is 8.92. The summed E-state index contributed by atoms with van der Waals surface area (Å²) in [7, 11) is 0. The Morgan fingerprint density at radius 1 is 0.962 bits per heavy atom. The van der Waals surface area contributed by atoms with Crippen molar-refractivity contribution in [2.45, 2.75) is 46.5 Å². The van der Waals surface area contributed by atoms with Crippen molar-refractivity contribution < 1.29 is 9.59 Å². The summed E-state index contributed by atoms with van der Waals surface area (Å²) in [6.45, 7) is 10.7. The summed E-state index contributed by atoms with van der Waals surface area (Å²) in [5.74, 6) is -0.271. The van der Waals surface area contributed by atoms with Gasteiger partial charge in [0.15, 0.2) is 0 Å². The smallest absolute Gasteiger partial charge is 0.251 e. The molecule has 2 aromatic carbocycles. The predicted molar refractivity (Wildman–Crippen MR) is 107 cm³/mol. The average molecular weight is 352 g/mol. The lowest BCUT2D eigenvalue weighted by atomic mass is 9.87. The SMILES string of the molecule is Cc1ccc(C)c(NC(=O)CCNC(=O)c2ccc(C(C)(C)C)cc2)c1. The van der Waals surface area contributed by atoms with E-state index in [1.54, 1.807) is 0 Å². The van der Waals surface area contributed by atoms with Gasteiger partial charge in [0.05, 0.1) is 0 Å². The maximum Gasteiger partial charge on any atom is 0.251 e. The number of hydrogen-bond acceptors (Lipinski definition) is 2. The number of amides is 2. The highest BCUT2D eigenvalue weighted by molar-refractivity contribution is 5.95. The third kappa shape index (κ3) is 5.45. The largest absolute Gasteiger partial charge is 0.352 e. The molecular formula is C22H28N2O2. The van der Waals surface area contributed by atoms with Crippen LogP contribution in [0.2, 0.25) is 0 Å². The van der Waals surface area contributed by atoms with E-state index >= 15 is 0 Å². The topological polar surface area (TPSA) is 58.2 Å². The molecule has 0 unspecified atom stereocenters. The van der Waals surface area contributed by atoms with Crippen LogP contribution in [0.3, 0.4) is 0 Å². The number of carbonyl (C=O) groups is 2. The van der Waals surface area contributed by atoms with Crippen molar-refractivity contribution in [3.63, 3.8) is 0 Å². The maximum atomic E-state index is 12.2. The van der Waals surface area contributed by atoms with E-state index in [1.807, 2.05) is 56.3 Å². The fourth-order valence-electron chi connectivity index (χ4n) is 2.60. The monoisotopic (exact) mass is 352 g/mol. The molecule has 2 aromatic rings. The molecule has 0 aromatic heterocycles. The Morgan fingerprint density at radius 2 is 1.62 bits per heavy atom. The van der Waals surface area contributed by atoms with Crippen LogP contribution in [-0.2, 0) is 10.2 Å². The summed E-state index contributed by atoms with van der Waals surface area (Å²) >= 11 is 0. The molecule has 0 bridgehead atoms. The number of carbonyl (C=O) groups excluding carboxylic acids is 2. The summed E-state index contributed by atoms with van der Waals surface area (Å²) in [6.07, 6.45) is 0.235. The second kappa shape index (κ2) is 8.17. The van der Waals surface area contributed by atoms with Gasteiger partial charge in [0.25, 0.3) is 5.91 Å². The van der Waals surface area contributed by atoms with Crippen LogP contribution in [0.5, 0.6) is 0 Å². The number of anilines is 1. The minimum absolute atomic E-state index is 0.0566. The molecule has 0 radical (unpaired) electrons. The Labute approximate surface area is 156 Å². The van der Waals surface area contributed by atoms with Gasteiger partial charge in [-0.05, 0) is 54.2 Å². The van der Waals surface area contributed by atoms with Crippen molar-refractivity contribution in [2.24, 2.45) is 0 Å². The third-order valence-electron chi connectivity index (χ3n) is 4.32. The summed E-state index contributed by atoms with van der Waals surface area (Å²) < 4.78 is 0. The van der Waals surface area contributed by atoms with Gasteiger partial charge in [0, 0.05) is 24.2 Å². The van der Waals surface area contributed by atoms with Gasteiger partial charge >= 0.3 is 0 Å². The lowest BCUT2D eigenvalue weighted by Crippen LogP contribution is -2.27. The van der Waals surface area contributed by atoms with Crippen molar-refractivity contribution in [3.05, 3.63) is 64.7 Å². The van der Waals surface area contributed by atoms with Gasteiger partial charge in [-0.1, -0.05) is 45.0 Å². The number of aryl methyl sites for hydroxylation is 2. The first-order chi connectivity index (χ1) is 12.2. The van der Waals surface area contributed by atoms with Gasteiger partial charge in [0.1, 0.15) is 0 Å². The molecule has 2 rings (SSSR count). The van der Waals surface area contributed by atoms with Crippen LogP contribution in [0.4, 0.5) is 5.69 Å². The summed E-state index contributed by atoms with van der Waals surface area (Å²) in [6, 6.07) is 13.5. The molecule has 26 heavy (non-hydrogen) atoms. The molecule has 0 atom stereocenters. The van der Waals surface area contributed by atoms with Crippen LogP contribution in [0.15, 0.2) is 42.5 Å². The first kappa shape index (κ1) is 19.7. The van der Waals surface area contributed by atoms with Gasteiger partial charge in [0.2, 0.25) is 5.91 Å². The lowest BCUT2D eigenvalue weighted by Gasteiger charge is -2.19. The van der Waals surface area contributed by atoms with Gasteiger partial charge in [-0.15, -0.1) is 0 Å². The van der Waals surface area contributed by atoms with Crippen LogP contribution in [0.25, 0.3) is 0 Å². The molecule has 0 aliphatic rings. The molecule has 2 N–H and O–H groups in total. The van der Waals surface area contributed by atoms with Crippen molar-refractivity contribution in [3.8, 4) is 0 Å². The maximum absolute atomic E-state index is 12.2. The Hall–Kier alpha value is -2.62.